The monoisotopic (exact) mass is 320 g/mol. The van der Waals surface area contributed by atoms with Crippen molar-refractivity contribution in [2.75, 3.05) is 18.6 Å². The van der Waals surface area contributed by atoms with Crippen LogP contribution in [0.4, 0.5) is 5.69 Å². The van der Waals surface area contributed by atoms with E-state index in [1.807, 2.05) is 36.4 Å². The second kappa shape index (κ2) is 7.18. The molecule has 0 bridgehead atoms. The number of rotatable bonds is 5. The lowest BCUT2D eigenvalue weighted by atomic mass is 10.0. The van der Waals surface area contributed by atoms with Gasteiger partial charge in [-0.15, -0.1) is 0 Å². The molecule has 0 aliphatic carbocycles. The molecule has 24 heavy (non-hydrogen) atoms. The number of benzene rings is 2. The third-order valence-corrected chi connectivity index (χ3v) is 4.52. The van der Waals surface area contributed by atoms with Gasteiger partial charge in [-0.05, 0) is 49.2 Å². The predicted octanol–water partition coefficient (Wildman–Crippen LogP) is 3.81. The van der Waals surface area contributed by atoms with Gasteiger partial charge in [0, 0.05) is 23.8 Å². The quantitative estimate of drug-likeness (QED) is 0.786. The lowest BCUT2D eigenvalue weighted by Crippen LogP contribution is -2.28. The summed E-state index contributed by atoms with van der Waals surface area (Å²) in [6, 6.07) is 17.4. The summed E-state index contributed by atoms with van der Waals surface area (Å²) in [6.45, 7) is 0.964. The third kappa shape index (κ3) is 3.11. The fourth-order valence-electron chi connectivity index (χ4n) is 3.29. The predicted molar refractivity (Wildman–Crippen MR) is 93.5 cm³/mol. The van der Waals surface area contributed by atoms with Gasteiger partial charge in [-0.3, -0.25) is 4.79 Å². The Morgan fingerprint density at radius 3 is 2.71 bits per heavy atom. The van der Waals surface area contributed by atoms with Crippen LogP contribution in [0.5, 0.6) is 5.75 Å². The van der Waals surface area contributed by atoms with Crippen molar-refractivity contribution in [2.45, 2.75) is 25.3 Å². The lowest BCUT2D eigenvalue weighted by molar-refractivity contribution is 0.103. The molecule has 1 saturated heterocycles. The van der Waals surface area contributed by atoms with Crippen LogP contribution in [-0.2, 0) is 0 Å². The zero-order valence-corrected chi connectivity index (χ0v) is 13.7. The van der Waals surface area contributed by atoms with E-state index in [9.17, 15) is 4.79 Å². The second-order valence-corrected chi connectivity index (χ2v) is 5.93. The highest BCUT2D eigenvalue weighted by atomic mass is 16.5. The van der Waals surface area contributed by atoms with Gasteiger partial charge in [-0.1, -0.05) is 12.1 Å². The van der Waals surface area contributed by atoms with Crippen molar-refractivity contribution in [1.82, 2.24) is 0 Å². The molecule has 0 saturated carbocycles. The van der Waals surface area contributed by atoms with Crippen LogP contribution >= 0.6 is 0 Å². The number of nitrogens with zero attached hydrogens (tertiary/aromatic N) is 2. The minimum atomic E-state index is -0.0472. The van der Waals surface area contributed by atoms with Crippen molar-refractivity contribution in [3.63, 3.8) is 0 Å². The van der Waals surface area contributed by atoms with E-state index in [2.05, 4.69) is 11.0 Å². The van der Waals surface area contributed by atoms with Crippen LogP contribution in [0.15, 0.2) is 48.5 Å². The van der Waals surface area contributed by atoms with Crippen molar-refractivity contribution in [3.8, 4) is 11.8 Å². The van der Waals surface area contributed by atoms with E-state index in [0.717, 1.165) is 25.1 Å². The van der Waals surface area contributed by atoms with Gasteiger partial charge in [0.15, 0.2) is 5.78 Å². The van der Waals surface area contributed by atoms with Gasteiger partial charge >= 0.3 is 0 Å². The van der Waals surface area contributed by atoms with E-state index in [1.165, 1.54) is 0 Å². The molecule has 1 aliphatic heterocycles. The first-order valence-corrected chi connectivity index (χ1v) is 8.16. The highest BCUT2D eigenvalue weighted by Gasteiger charge is 2.24. The van der Waals surface area contributed by atoms with Crippen LogP contribution in [0.1, 0.15) is 35.2 Å². The van der Waals surface area contributed by atoms with Crippen molar-refractivity contribution in [1.29, 1.82) is 5.26 Å². The largest absolute Gasteiger partial charge is 0.496 e. The molecule has 2 aromatic carbocycles. The molecule has 0 spiro atoms. The molecule has 1 fully saturated rings. The first-order chi connectivity index (χ1) is 11.7. The summed E-state index contributed by atoms with van der Waals surface area (Å²) in [5.74, 6) is 0.536. The number of nitriles is 1. The summed E-state index contributed by atoms with van der Waals surface area (Å²) in [4.78, 5) is 15.0. The summed E-state index contributed by atoms with van der Waals surface area (Å²) in [7, 11) is 1.57. The average molecular weight is 320 g/mol. The Kier molecular flexibility index (Phi) is 4.81. The van der Waals surface area contributed by atoms with Crippen molar-refractivity contribution in [2.24, 2.45) is 0 Å². The highest BCUT2D eigenvalue weighted by molar-refractivity contribution is 6.10. The van der Waals surface area contributed by atoms with E-state index >= 15 is 0 Å². The topological polar surface area (TPSA) is 53.3 Å². The summed E-state index contributed by atoms with van der Waals surface area (Å²) < 4.78 is 5.27. The summed E-state index contributed by atoms with van der Waals surface area (Å²) in [5.41, 5.74) is 2.28. The van der Waals surface area contributed by atoms with Crippen LogP contribution in [0.25, 0.3) is 0 Å². The van der Waals surface area contributed by atoms with E-state index in [0.29, 0.717) is 23.3 Å². The smallest absolute Gasteiger partial charge is 0.196 e. The highest BCUT2D eigenvalue weighted by Crippen LogP contribution is 2.28. The first kappa shape index (κ1) is 16.1. The number of ether oxygens (including phenoxy) is 1. The SMILES string of the molecule is COc1ccccc1C(=O)c1ccc(N2CCC[C@H]2CC#N)cc1. The molecule has 4 nitrogen and oxygen atoms in total. The Hall–Kier alpha value is -2.80. The Morgan fingerprint density at radius 2 is 2.00 bits per heavy atom. The van der Waals surface area contributed by atoms with Crippen molar-refractivity contribution in [3.05, 3.63) is 59.7 Å². The summed E-state index contributed by atoms with van der Waals surface area (Å²) in [5, 5.41) is 8.95. The van der Waals surface area contributed by atoms with Crippen LogP contribution in [0.3, 0.4) is 0 Å². The Morgan fingerprint density at radius 1 is 1.25 bits per heavy atom. The van der Waals surface area contributed by atoms with Crippen molar-refractivity contribution < 1.29 is 9.53 Å². The molecule has 0 amide bonds. The molecule has 3 rings (SSSR count). The summed E-state index contributed by atoms with van der Waals surface area (Å²) in [6.07, 6.45) is 2.70. The maximum absolute atomic E-state index is 12.7. The number of carbonyl (C=O) groups excluding carboxylic acids is 1. The van der Waals surface area contributed by atoms with E-state index in [4.69, 9.17) is 10.00 Å². The van der Waals surface area contributed by atoms with E-state index < -0.39 is 0 Å². The third-order valence-electron chi connectivity index (χ3n) is 4.52. The van der Waals surface area contributed by atoms with Crippen molar-refractivity contribution >= 4 is 11.5 Å². The number of carbonyl (C=O) groups is 1. The molecule has 2 aromatic rings. The number of hydrogen-bond donors (Lipinski definition) is 0. The summed E-state index contributed by atoms with van der Waals surface area (Å²) >= 11 is 0. The molecule has 0 N–H and O–H groups in total. The van der Waals surface area contributed by atoms with Gasteiger partial charge in [0.2, 0.25) is 0 Å². The molecule has 0 radical (unpaired) electrons. The van der Waals surface area contributed by atoms with Crippen LogP contribution in [0, 0.1) is 11.3 Å². The zero-order valence-electron chi connectivity index (χ0n) is 13.7. The van der Waals surface area contributed by atoms with Gasteiger partial charge in [-0.25, -0.2) is 0 Å². The van der Waals surface area contributed by atoms with E-state index in [1.54, 1.807) is 19.2 Å². The Labute approximate surface area is 142 Å². The lowest BCUT2D eigenvalue weighted by Gasteiger charge is -2.25. The van der Waals surface area contributed by atoms with Gasteiger partial charge in [0.1, 0.15) is 5.75 Å². The van der Waals surface area contributed by atoms with Gasteiger partial charge in [0.05, 0.1) is 25.2 Å². The van der Waals surface area contributed by atoms with Gasteiger partial charge in [0.25, 0.3) is 0 Å². The number of methoxy groups -OCH3 is 1. The number of hydrogen-bond acceptors (Lipinski definition) is 4. The first-order valence-electron chi connectivity index (χ1n) is 8.16. The Balaban J connectivity index is 1.82. The minimum absolute atomic E-state index is 0.0472. The molecular formula is C20H20N2O2. The maximum atomic E-state index is 12.7. The number of ketones is 1. The van der Waals surface area contributed by atoms with Crippen LogP contribution in [0.2, 0.25) is 0 Å². The van der Waals surface area contributed by atoms with E-state index in [-0.39, 0.29) is 11.8 Å². The molecule has 1 heterocycles. The molecule has 122 valence electrons. The average Bonchev–Trinajstić information content (AvgIpc) is 3.10. The van der Waals surface area contributed by atoms with Gasteiger partial charge in [-0.2, -0.15) is 5.26 Å². The molecule has 0 aromatic heterocycles. The fraction of sp³-hybridized carbons (Fsp3) is 0.300. The Bertz CT molecular complexity index is 762. The molecular weight excluding hydrogens is 300 g/mol. The number of anilines is 1. The van der Waals surface area contributed by atoms with Crippen LogP contribution in [-0.4, -0.2) is 25.5 Å². The molecule has 1 atom stereocenters. The molecule has 1 aliphatic rings. The standard InChI is InChI=1S/C20H20N2O2/c1-24-19-7-3-2-6-18(19)20(23)15-8-10-17(11-9-15)22-14-4-5-16(22)12-13-21/h2-3,6-11,16H,4-5,12,14H2,1H3/t16-/m0/s1. The fourth-order valence-corrected chi connectivity index (χ4v) is 3.29. The zero-order chi connectivity index (χ0) is 16.9. The minimum Gasteiger partial charge on any atom is -0.496 e. The van der Waals surface area contributed by atoms with Crippen LogP contribution < -0.4 is 9.64 Å². The maximum Gasteiger partial charge on any atom is 0.196 e. The van der Waals surface area contributed by atoms with Gasteiger partial charge < -0.3 is 9.64 Å². The second-order valence-electron chi connectivity index (χ2n) is 5.93. The normalized spacial score (nSPS) is 16.7. The number of para-hydroxylation sites is 1. The molecule has 4 heteroatoms. The molecule has 0 unspecified atom stereocenters.